The lowest BCUT2D eigenvalue weighted by Crippen LogP contribution is -1.96. The second kappa shape index (κ2) is 7.09. The fraction of sp³-hybridized carbons (Fsp3) is 0.111. The lowest BCUT2D eigenvalue weighted by molar-refractivity contribution is 0.104. The van der Waals surface area contributed by atoms with Gasteiger partial charge < -0.3 is 9.47 Å². The van der Waals surface area contributed by atoms with Gasteiger partial charge in [-0.05, 0) is 30.4 Å². The van der Waals surface area contributed by atoms with Gasteiger partial charge in [0.25, 0.3) is 0 Å². The first kappa shape index (κ1) is 15.3. The first-order valence-corrected chi connectivity index (χ1v) is 6.63. The number of carbonyl (C=O) groups is 1. The van der Waals surface area contributed by atoms with Crippen LogP contribution < -0.4 is 9.47 Å². The summed E-state index contributed by atoms with van der Waals surface area (Å²) >= 11 is 0. The van der Waals surface area contributed by atoms with E-state index in [2.05, 4.69) is 0 Å². The number of ether oxygens (including phenoxy) is 2. The Morgan fingerprint density at radius 3 is 2.59 bits per heavy atom. The average molecular weight is 293 g/mol. The number of ketones is 1. The van der Waals surface area contributed by atoms with Crippen LogP contribution in [0.3, 0.4) is 0 Å². The monoisotopic (exact) mass is 293 g/mol. The molecule has 0 aliphatic rings. The van der Waals surface area contributed by atoms with Crippen LogP contribution in [0.4, 0.5) is 0 Å². The highest BCUT2D eigenvalue weighted by atomic mass is 16.5. The second-order valence-corrected chi connectivity index (χ2v) is 4.47. The zero-order valence-corrected chi connectivity index (χ0v) is 12.4. The van der Waals surface area contributed by atoms with E-state index in [1.54, 1.807) is 50.6 Å². The minimum Gasteiger partial charge on any atom is -0.493 e. The molecule has 0 atom stereocenters. The molecule has 0 aromatic heterocycles. The predicted molar refractivity (Wildman–Crippen MR) is 84.1 cm³/mol. The van der Waals surface area contributed by atoms with Crippen LogP contribution in [0, 0.1) is 11.3 Å². The Kier molecular flexibility index (Phi) is 4.94. The minimum atomic E-state index is -0.179. The summed E-state index contributed by atoms with van der Waals surface area (Å²) < 4.78 is 10.5. The molecule has 110 valence electrons. The van der Waals surface area contributed by atoms with Gasteiger partial charge >= 0.3 is 0 Å². The summed E-state index contributed by atoms with van der Waals surface area (Å²) in [7, 11) is 3.11. The third-order valence-electron chi connectivity index (χ3n) is 3.12. The molecular weight excluding hydrogens is 278 g/mol. The number of para-hydroxylation sites is 1. The molecule has 0 saturated heterocycles. The van der Waals surface area contributed by atoms with Crippen LogP contribution >= 0.6 is 0 Å². The van der Waals surface area contributed by atoms with Gasteiger partial charge in [0, 0.05) is 11.1 Å². The molecule has 0 heterocycles. The van der Waals surface area contributed by atoms with E-state index < -0.39 is 0 Å². The largest absolute Gasteiger partial charge is 0.493 e. The van der Waals surface area contributed by atoms with E-state index in [1.165, 1.54) is 6.08 Å². The topological polar surface area (TPSA) is 59.3 Å². The molecule has 0 aliphatic heterocycles. The molecule has 0 amide bonds. The van der Waals surface area contributed by atoms with Crippen molar-refractivity contribution in [2.24, 2.45) is 0 Å². The molecule has 0 unspecified atom stereocenters. The Morgan fingerprint density at radius 1 is 1.14 bits per heavy atom. The lowest BCUT2D eigenvalue weighted by atomic mass is 10.1. The smallest absolute Gasteiger partial charge is 0.185 e. The molecule has 0 N–H and O–H groups in total. The Balaban J connectivity index is 2.28. The summed E-state index contributed by atoms with van der Waals surface area (Å²) in [5, 5.41) is 8.87. The maximum atomic E-state index is 12.2. The van der Waals surface area contributed by atoms with Crippen molar-refractivity contribution in [1.82, 2.24) is 0 Å². The van der Waals surface area contributed by atoms with Crippen molar-refractivity contribution in [3.05, 3.63) is 65.2 Å². The number of hydrogen-bond acceptors (Lipinski definition) is 4. The maximum Gasteiger partial charge on any atom is 0.185 e. The summed E-state index contributed by atoms with van der Waals surface area (Å²) in [6, 6.07) is 14.0. The Bertz CT molecular complexity index is 757. The van der Waals surface area contributed by atoms with Crippen molar-refractivity contribution in [3.8, 4) is 17.6 Å². The number of benzene rings is 2. The fourth-order valence-electron chi connectivity index (χ4n) is 2.05. The quantitative estimate of drug-likeness (QED) is 0.625. The summed E-state index contributed by atoms with van der Waals surface area (Å²) in [5.41, 5.74) is 1.67. The van der Waals surface area contributed by atoms with Gasteiger partial charge in [-0.2, -0.15) is 5.26 Å². The first-order valence-electron chi connectivity index (χ1n) is 6.63. The van der Waals surface area contributed by atoms with Crippen LogP contribution in [-0.2, 0) is 0 Å². The van der Waals surface area contributed by atoms with Gasteiger partial charge in [-0.3, -0.25) is 4.79 Å². The van der Waals surface area contributed by atoms with Gasteiger partial charge in [0.2, 0.25) is 0 Å². The zero-order valence-electron chi connectivity index (χ0n) is 12.4. The molecule has 0 bridgehead atoms. The van der Waals surface area contributed by atoms with Crippen molar-refractivity contribution in [3.63, 3.8) is 0 Å². The summed E-state index contributed by atoms with van der Waals surface area (Å²) in [6.45, 7) is 0. The molecule has 2 aromatic carbocycles. The maximum absolute atomic E-state index is 12.2. The third-order valence-corrected chi connectivity index (χ3v) is 3.12. The van der Waals surface area contributed by atoms with Crippen LogP contribution in [-0.4, -0.2) is 20.0 Å². The fourth-order valence-corrected chi connectivity index (χ4v) is 2.05. The van der Waals surface area contributed by atoms with Crippen molar-refractivity contribution in [2.75, 3.05) is 14.2 Å². The zero-order chi connectivity index (χ0) is 15.9. The molecule has 22 heavy (non-hydrogen) atoms. The standard InChI is InChI=1S/C18H15NO3/c1-21-17-8-4-6-14(18(17)22-2)9-10-16(20)15-7-3-5-13(11-15)12-19/h3-11H,1-2H3. The molecule has 0 saturated carbocycles. The van der Waals surface area contributed by atoms with Gasteiger partial charge in [-0.25, -0.2) is 0 Å². The lowest BCUT2D eigenvalue weighted by Gasteiger charge is -2.09. The van der Waals surface area contributed by atoms with Crippen LogP contribution in [0.25, 0.3) is 6.08 Å². The van der Waals surface area contributed by atoms with E-state index in [9.17, 15) is 4.79 Å². The molecule has 2 aromatic rings. The highest BCUT2D eigenvalue weighted by molar-refractivity contribution is 6.07. The predicted octanol–water partition coefficient (Wildman–Crippen LogP) is 3.47. The number of methoxy groups -OCH3 is 2. The summed E-state index contributed by atoms with van der Waals surface area (Å²) in [6.07, 6.45) is 3.12. The van der Waals surface area contributed by atoms with Crippen molar-refractivity contribution in [2.45, 2.75) is 0 Å². The van der Waals surface area contributed by atoms with E-state index in [1.807, 2.05) is 18.2 Å². The van der Waals surface area contributed by atoms with Gasteiger partial charge in [0.15, 0.2) is 17.3 Å². The van der Waals surface area contributed by atoms with Gasteiger partial charge in [-0.1, -0.05) is 24.3 Å². The summed E-state index contributed by atoms with van der Waals surface area (Å²) in [4.78, 5) is 12.2. The molecule has 4 heteroatoms. The highest BCUT2D eigenvalue weighted by Gasteiger charge is 2.08. The molecule has 0 spiro atoms. The number of rotatable bonds is 5. The van der Waals surface area contributed by atoms with Crippen molar-refractivity contribution in [1.29, 1.82) is 5.26 Å². The average Bonchev–Trinajstić information content (AvgIpc) is 2.59. The minimum absolute atomic E-state index is 0.179. The van der Waals surface area contributed by atoms with Crippen LogP contribution in [0.5, 0.6) is 11.5 Å². The van der Waals surface area contributed by atoms with E-state index in [0.717, 1.165) is 5.56 Å². The first-order chi connectivity index (χ1) is 10.7. The van der Waals surface area contributed by atoms with Gasteiger partial charge in [0.1, 0.15) is 0 Å². The number of nitriles is 1. The SMILES string of the molecule is COc1cccc(C=CC(=O)c2cccc(C#N)c2)c1OC. The Hall–Kier alpha value is -3.06. The summed E-state index contributed by atoms with van der Waals surface area (Å²) in [5.74, 6) is 0.991. The molecule has 0 radical (unpaired) electrons. The number of allylic oxidation sites excluding steroid dienone is 1. The molecular formula is C18H15NO3. The molecule has 0 aliphatic carbocycles. The van der Waals surface area contributed by atoms with Crippen LogP contribution in [0.1, 0.15) is 21.5 Å². The van der Waals surface area contributed by atoms with E-state index >= 15 is 0 Å². The Morgan fingerprint density at radius 2 is 1.91 bits per heavy atom. The van der Waals surface area contributed by atoms with Crippen molar-refractivity contribution < 1.29 is 14.3 Å². The number of carbonyl (C=O) groups excluding carboxylic acids is 1. The van der Waals surface area contributed by atoms with Gasteiger partial charge in [0.05, 0.1) is 25.9 Å². The van der Waals surface area contributed by atoms with Crippen molar-refractivity contribution >= 4 is 11.9 Å². The second-order valence-electron chi connectivity index (χ2n) is 4.47. The van der Waals surface area contributed by atoms with E-state index in [-0.39, 0.29) is 5.78 Å². The molecule has 0 fully saturated rings. The number of hydrogen-bond donors (Lipinski definition) is 0. The van der Waals surface area contributed by atoms with E-state index in [0.29, 0.717) is 22.6 Å². The Labute approximate surface area is 129 Å². The van der Waals surface area contributed by atoms with Gasteiger partial charge in [-0.15, -0.1) is 0 Å². The highest BCUT2D eigenvalue weighted by Crippen LogP contribution is 2.31. The van der Waals surface area contributed by atoms with E-state index in [4.69, 9.17) is 14.7 Å². The van der Waals surface area contributed by atoms with Crippen LogP contribution in [0.15, 0.2) is 48.5 Å². The third kappa shape index (κ3) is 3.33. The normalized spacial score (nSPS) is 10.2. The molecule has 4 nitrogen and oxygen atoms in total. The number of nitrogens with zero attached hydrogens (tertiary/aromatic N) is 1. The van der Waals surface area contributed by atoms with Crippen LogP contribution in [0.2, 0.25) is 0 Å². The molecule has 2 rings (SSSR count).